The molecule has 0 aliphatic heterocycles. The lowest BCUT2D eigenvalue weighted by molar-refractivity contribution is 0.419. The first-order valence-electron chi connectivity index (χ1n) is 7.74. The molecule has 3 nitrogen and oxygen atoms in total. The molecule has 0 saturated heterocycles. The van der Waals surface area contributed by atoms with Gasteiger partial charge in [-0.05, 0) is 56.2 Å². The number of aryl methyl sites for hydroxylation is 2. The number of furan rings is 1. The third-order valence-electron chi connectivity index (χ3n) is 4.92. The second-order valence-corrected chi connectivity index (χ2v) is 6.15. The average Bonchev–Trinajstić information content (AvgIpc) is 2.66. The van der Waals surface area contributed by atoms with Crippen LogP contribution in [0.4, 0.5) is 0 Å². The normalized spacial score (nSPS) is 16.8. The molecule has 1 aromatic carbocycles. The van der Waals surface area contributed by atoms with Crippen molar-refractivity contribution in [2.24, 2.45) is 5.84 Å². The minimum Gasteiger partial charge on any atom is -0.466 e. The van der Waals surface area contributed by atoms with E-state index in [4.69, 9.17) is 10.3 Å². The van der Waals surface area contributed by atoms with Crippen molar-refractivity contribution >= 4 is 0 Å². The van der Waals surface area contributed by atoms with Crippen molar-refractivity contribution in [3.63, 3.8) is 0 Å². The molecule has 2 aromatic rings. The highest BCUT2D eigenvalue weighted by atomic mass is 16.3. The summed E-state index contributed by atoms with van der Waals surface area (Å²) in [6, 6.07) is 8.87. The van der Waals surface area contributed by atoms with E-state index in [2.05, 4.69) is 36.6 Å². The molecule has 0 radical (unpaired) electrons. The van der Waals surface area contributed by atoms with Crippen LogP contribution in [0.2, 0.25) is 0 Å². The van der Waals surface area contributed by atoms with Crippen molar-refractivity contribution in [2.45, 2.75) is 52.0 Å². The van der Waals surface area contributed by atoms with Crippen molar-refractivity contribution in [3.05, 3.63) is 58.0 Å². The highest BCUT2D eigenvalue weighted by molar-refractivity contribution is 5.41. The minimum atomic E-state index is -0.0158. The molecule has 21 heavy (non-hydrogen) atoms. The highest BCUT2D eigenvalue weighted by Crippen LogP contribution is 2.37. The predicted octanol–water partition coefficient (Wildman–Crippen LogP) is 4.03. The molecule has 1 saturated carbocycles. The quantitative estimate of drug-likeness (QED) is 0.658. The van der Waals surface area contributed by atoms with E-state index in [1.807, 2.05) is 13.8 Å². The number of hydrogen-bond acceptors (Lipinski definition) is 3. The van der Waals surface area contributed by atoms with Gasteiger partial charge < -0.3 is 4.42 Å². The first-order valence-corrected chi connectivity index (χ1v) is 7.74. The standard InChI is InChI=1S/C18H24N2O/c1-11-12(2)21-13(3)17(11)18(20-19)16-9-7-15(8-10-16)14-5-4-6-14/h7-10,14,18,20H,4-6,19H2,1-3H3. The molecule has 1 fully saturated rings. The van der Waals surface area contributed by atoms with Crippen molar-refractivity contribution in [2.75, 3.05) is 0 Å². The van der Waals surface area contributed by atoms with Gasteiger partial charge in [-0.25, -0.2) is 5.43 Å². The minimum absolute atomic E-state index is 0.0158. The van der Waals surface area contributed by atoms with Crippen molar-refractivity contribution in [1.29, 1.82) is 0 Å². The van der Waals surface area contributed by atoms with E-state index >= 15 is 0 Å². The van der Waals surface area contributed by atoms with Crippen molar-refractivity contribution in [3.8, 4) is 0 Å². The number of benzene rings is 1. The van der Waals surface area contributed by atoms with Crippen LogP contribution in [0.15, 0.2) is 28.7 Å². The van der Waals surface area contributed by atoms with Gasteiger partial charge in [0.1, 0.15) is 11.5 Å². The first-order chi connectivity index (χ1) is 10.1. The smallest absolute Gasteiger partial charge is 0.106 e. The molecule has 1 aliphatic rings. The summed E-state index contributed by atoms with van der Waals surface area (Å²) in [5, 5.41) is 0. The van der Waals surface area contributed by atoms with Crippen LogP contribution in [-0.4, -0.2) is 0 Å². The summed E-state index contributed by atoms with van der Waals surface area (Å²) in [7, 11) is 0. The summed E-state index contributed by atoms with van der Waals surface area (Å²) in [6.45, 7) is 6.09. The molecule has 0 spiro atoms. The number of nitrogens with one attached hydrogen (secondary N) is 1. The summed E-state index contributed by atoms with van der Waals surface area (Å²) in [6.07, 6.45) is 4.03. The summed E-state index contributed by atoms with van der Waals surface area (Å²) in [4.78, 5) is 0. The predicted molar refractivity (Wildman–Crippen MR) is 85.1 cm³/mol. The Morgan fingerprint density at radius 2 is 1.76 bits per heavy atom. The lowest BCUT2D eigenvalue weighted by atomic mass is 9.79. The molecular weight excluding hydrogens is 260 g/mol. The molecular formula is C18H24N2O. The number of rotatable bonds is 4. The van der Waals surface area contributed by atoms with E-state index in [0.29, 0.717) is 0 Å². The van der Waals surface area contributed by atoms with Crippen LogP contribution in [0.3, 0.4) is 0 Å². The molecule has 1 unspecified atom stereocenters. The SMILES string of the molecule is Cc1oc(C)c(C(NN)c2ccc(C3CCC3)cc2)c1C. The Bertz CT molecular complexity index is 623. The number of hydrazine groups is 1. The van der Waals surface area contributed by atoms with E-state index in [0.717, 1.165) is 23.0 Å². The monoisotopic (exact) mass is 284 g/mol. The first kappa shape index (κ1) is 14.4. The summed E-state index contributed by atoms with van der Waals surface area (Å²) in [5.74, 6) is 8.50. The van der Waals surface area contributed by atoms with Gasteiger partial charge in [0, 0.05) is 5.56 Å². The van der Waals surface area contributed by atoms with E-state index < -0.39 is 0 Å². The molecule has 1 aromatic heterocycles. The van der Waals surface area contributed by atoms with Crippen LogP contribution in [0.1, 0.15) is 65.0 Å². The summed E-state index contributed by atoms with van der Waals surface area (Å²) >= 11 is 0. The second kappa shape index (κ2) is 5.66. The molecule has 1 heterocycles. The van der Waals surface area contributed by atoms with Gasteiger partial charge in [0.25, 0.3) is 0 Å². The topological polar surface area (TPSA) is 51.2 Å². The van der Waals surface area contributed by atoms with E-state index in [9.17, 15) is 0 Å². The lowest BCUT2D eigenvalue weighted by Crippen LogP contribution is -2.29. The van der Waals surface area contributed by atoms with Crippen LogP contribution in [0.25, 0.3) is 0 Å². The fourth-order valence-corrected chi connectivity index (χ4v) is 3.28. The van der Waals surface area contributed by atoms with Gasteiger partial charge in [-0.1, -0.05) is 30.7 Å². The van der Waals surface area contributed by atoms with Gasteiger partial charge in [0.05, 0.1) is 6.04 Å². The molecule has 1 aliphatic carbocycles. The molecule has 3 heteroatoms. The maximum absolute atomic E-state index is 5.83. The highest BCUT2D eigenvalue weighted by Gasteiger charge is 2.23. The zero-order valence-electron chi connectivity index (χ0n) is 13.1. The Hall–Kier alpha value is -1.58. The largest absolute Gasteiger partial charge is 0.466 e. The Balaban J connectivity index is 1.92. The van der Waals surface area contributed by atoms with Crippen LogP contribution in [0.5, 0.6) is 0 Å². The third kappa shape index (κ3) is 2.52. The van der Waals surface area contributed by atoms with Gasteiger partial charge in [-0.3, -0.25) is 5.84 Å². The summed E-state index contributed by atoms with van der Waals surface area (Å²) < 4.78 is 5.74. The maximum Gasteiger partial charge on any atom is 0.106 e. The Labute approximate surface area is 126 Å². The molecule has 0 bridgehead atoms. The second-order valence-electron chi connectivity index (χ2n) is 6.15. The average molecular weight is 284 g/mol. The van der Waals surface area contributed by atoms with E-state index in [1.54, 1.807) is 0 Å². The fourth-order valence-electron chi connectivity index (χ4n) is 3.28. The van der Waals surface area contributed by atoms with Crippen LogP contribution in [-0.2, 0) is 0 Å². The van der Waals surface area contributed by atoms with E-state index in [-0.39, 0.29) is 6.04 Å². The third-order valence-corrected chi connectivity index (χ3v) is 4.92. The van der Waals surface area contributed by atoms with Gasteiger partial charge >= 0.3 is 0 Å². The maximum atomic E-state index is 5.83. The number of nitrogens with two attached hydrogens (primary N) is 1. The molecule has 3 N–H and O–H groups in total. The van der Waals surface area contributed by atoms with E-state index in [1.165, 1.54) is 36.0 Å². The fraction of sp³-hybridized carbons (Fsp3) is 0.444. The molecule has 112 valence electrons. The van der Waals surface area contributed by atoms with Crippen LogP contribution >= 0.6 is 0 Å². The zero-order chi connectivity index (χ0) is 15.0. The Kier molecular flexibility index (Phi) is 3.87. The van der Waals surface area contributed by atoms with Crippen molar-refractivity contribution < 1.29 is 4.42 Å². The Morgan fingerprint density at radius 3 is 2.19 bits per heavy atom. The Morgan fingerprint density at radius 1 is 1.10 bits per heavy atom. The summed E-state index contributed by atoms with van der Waals surface area (Å²) in [5.41, 5.74) is 7.93. The van der Waals surface area contributed by atoms with Gasteiger partial charge in [0.2, 0.25) is 0 Å². The zero-order valence-corrected chi connectivity index (χ0v) is 13.1. The van der Waals surface area contributed by atoms with Gasteiger partial charge in [-0.15, -0.1) is 0 Å². The van der Waals surface area contributed by atoms with Gasteiger partial charge in [-0.2, -0.15) is 0 Å². The van der Waals surface area contributed by atoms with Crippen LogP contribution in [0, 0.1) is 20.8 Å². The van der Waals surface area contributed by atoms with Crippen molar-refractivity contribution in [1.82, 2.24) is 5.43 Å². The molecule has 1 atom stereocenters. The number of hydrogen-bond donors (Lipinski definition) is 2. The van der Waals surface area contributed by atoms with Crippen LogP contribution < -0.4 is 11.3 Å². The van der Waals surface area contributed by atoms with Gasteiger partial charge in [0.15, 0.2) is 0 Å². The lowest BCUT2D eigenvalue weighted by Gasteiger charge is -2.26. The molecule has 3 rings (SSSR count). The molecule has 0 amide bonds.